The molecule has 0 nitrogen and oxygen atoms in total. The fourth-order valence-electron chi connectivity index (χ4n) is 4.96. The number of rotatable bonds is 8. The Labute approximate surface area is 122 Å². The summed E-state index contributed by atoms with van der Waals surface area (Å²) < 4.78 is 0. The molecule has 0 saturated heterocycles. The molecule has 5 atom stereocenters. The summed E-state index contributed by atoms with van der Waals surface area (Å²) in [4.78, 5) is 0. The van der Waals surface area contributed by atoms with Gasteiger partial charge in [-0.05, 0) is 41.9 Å². The van der Waals surface area contributed by atoms with E-state index in [4.69, 9.17) is 0 Å². The van der Waals surface area contributed by atoms with Crippen molar-refractivity contribution in [2.75, 3.05) is 0 Å². The van der Waals surface area contributed by atoms with E-state index in [2.05, 4.69) is 41.5 Å². The van der Waals surface area contributed by atoms with Crippen LogP contribution in [0.2, 0.25) is 0 Å². The summed E-state index contributed by atoms with van der Waals surface area (Å²) in [7, 11) is 0. The maximum Gasteiger partial charge on any atom is -0.0334 e. The molecule has 0 heterocycles. The van der Waals surface area contributed by atoms with Gasteiger partial charge >= 0.3 is 0 Å². The van der Waals surface area contributed by atoms with Gasteiger partial charge < -0.3 is 0 Å². The molecule has 0 aromatic heterocycles. The maximum absolute atomic E-state index is 2.54. The molecule has 0 aromatic carbocycles. The summed E-state index contributed by atoms with van der Waals surface area (Å²) in [6, 6.07) is 0. The first-order chi connectivity index (χ1) is 9.02. The molecule has 0 N–H and O–H groups in total. The SMILES string of the molecule is CCCCCCC(C)C1CC(C)C(C(C)C)C1CC. The van der Waals surface area contributed by atoms with E-state index in [1.807, 2.05) is 0 Å². The van der Waals surface area contributed by atoms with Gasteiger partial charge in [-0.15, -0.1) is 0 Å². The van der Waals surface area contributed by atoms with Crippen LogP contribution in [0.3, 0.4) is 0 Å². The number of unbranched alkanes of at least 4 members (excludes halogenated alkanes) is 3. The Morgan fingerprint density at radius 2 is 1.68 bits per heavy atom. The Morgan fingerprint density at radius 1 is 1.00 bits per heavy atom. The molecule has 0 aliphatic heterocycles. The summed E-state index contributed by atoms with van der Waals surface area (Å²) in [6.45, 7) is 14.7. The van der Waals surface area contributed by atoms with Crippen LogP contribution in [0, 0.1) is 35.5 Å². The van der Waals surface area contributed by atoms with Crippen LogP contribution in [0.5, 0.6) is 0 Å². The van der Waals surface area contributed by atoms with E-state index < -0.39 is 0 Å². The Hall–Kier alpha value is 0. The van der Waals surface area contributed by atoms with Crippen LogP contribution in [0.15, 0.2) is 0 Å². The van der Waals surface area contributed by atoms with Crippen molar-refractivity contribution in [1.82, 2.24) is 0 Å². The normalized spacial score (nSPS) is 33.0. The molecule has 19 heavy (non-hydrogen) atoms. The highest BCUT2D eigenvalue weighted by Gasteiger charge is 2.42. The van der Waals surface area contributed by atoms with Gasteiger partial charge in [0.1, 0.15) is 0 Å². The monoisotopic (exact) mass is 266 g/mol. The summed E-state index contributed by atoms with van der Waals surface area (Å²) in [6.07, 6.45) is 10.1. The average Bonchev–Trinajstić information content (AvgIpc) is 2.71. The van der Waals surface area contributed by atoms with Crippen molar-refractivity contribution in [2.45, 2.75) is 86.5 Å². The predicted octanol–water partition coefficient (Wildman–Crippen LogP) is 6.55. The lowest BCUT2D eigenvalue weighted by Crippen LogP contribution is -2.24. The van der Waals surface area contributed by atoms with Crippen molar-refractivity contribution < 1.29 is 0 Å². The first kappa shape index (κ1) is 17.1. The van der Waals surface area contributed by atoms with Crippen LogP contribution in [-0.4, -0.2) is 0 Å². The van der Waals surface area contributed by atoms with Gasteiger partial charge in [-0.1, -0.05) is 80.1 Å². The number of hydrogen-bond donors (Lipinski definition) is 0. The molecular weight excluding hydrogens is 228 g/mol. The van der Waals surface area contributed by atoms with Crippen molar-refractivity contribution in [3.63, 3.8) is 0 Å². The Morgan fingerprint density at radius 3 is 2.21 bits per heavy atom. The van der Waals surface area contributed by atoms with Crippen molar-refractivity contribution in [3.05, 3.63) is 0 Å². The second-order valence-corrected chi connectivity index (χ2v) is 7.60. The minimum atomic E-state index is 0.872. The Bertz CT molecular complexity index is 230. The highest BCUT2D eigenvalue weighted by Crippen LogP contribution is 2.50. The van der Waals surface area contributed by atoms with E-state index >= 15 is 0 Å². The largest absolute Gasteiger partial charge is 0.0654 e. The quantitative estimate of drug-likeness (QED) is 0.437. The highest BCUT2D eigenvalue weighted by molar-refractivity contribution is 4.91. The van der Waals surface area contributed by atoms with Crippen LogP contribution in [0.1, 0.15) is 86.5 Å². The fourth-order valence-corrected chi connectivity index (χ4v) is 4.96. The van der Waals surface area contributed by atoms with Crippen LogP contribution < -0.4 is 0 Å². The average molecular weight is 267 g/mol. The first-order valence-corrected chi connectivity index (χ1v) is 9.02. The zero-order valence-corrected chi connectivity index (χ0v) is 14.4. The van der Waals surface area contributed by atoms with Crippen molar-refractivity contribution in [3.8, 4) is 0 Å². The van der Waals surface area contributed by atoms with Crippen LogP contribution in [-0.2, 0) is 0 Å². The minimum Gasteiger partial charge on any atom is -0.0654 e. The molecule has 1 saturated carbocycles. The molecule has 1 aliphatic carbocycles. The van der Waals surface area contributed by atoms with Gasteiger partial charge in [0.05, 0.1) is 0 Å². The molecule has 1 aliphatic rings. The standard InChI is InChI=1S/C19H38/c1-7-9-10-11-12-15(5)18-13-16(6)19(14(3)4)17(18)8-2/h14-19H,7-13H2,1-6H3. The highest BCUT2D eigenvalue weighted by atomic mass is 14.5. The lowest BCUT2D eigenvalue weighted by atomic mass is 9.75. The van der Waals surface area contributed by atoms with E-state index in [0.29, 0.717) is 0 Å². The maximum atomic E-state index is 2.54. The molecular formula is C19H38. The fraction of sp³-hybridized carbons (Fsp3) is 1.00. The topological polar surface area (TPSA) is 0 Å². The summed E-state index contributed by atoms with van der Waals surface area (Å²) in [5.41, 5.74) is 0. The number of hydrogen-bond acceptors (Lipinski definition) is 0. The predicted molar refractivity (Wildman–Crippen MR) is 87.3 cm³/mol. The van der Waals surface area contributed by atoms with Crippen LogP contribution in [0.25, 0.3) is 0 Å². The molecule has 5 unspecified atom stereocenters. The van der Waals surface area contributed by atoms with Crippen molar-refractivity contribution in [2.24, 2.45) is 35.5 Å². The lowest BCUT2D eigenvalue weighted by molar-refractivity contribution is 0.181. The summed E-state index contributed by atoms with van der Waals surface area (Å²) >= 11 is 0. The van der Waals surface area contributed by atoms with Crippen LogP contribution >= 0.6 is 0 Å². The van der Waals surface area contributed by atoms with Gasteiger partial charge in [0.25, 0.3) is 0 Å². The van der Waals surface area contributed by atoms with E-state index in [9.17, 15) is 0 Å². The summed E-state index contributed by atoms with van der Waals surface area (Å²) in [5.74, 6) is 5.76. The molecule has 114 valence electrons. The summed E-state index contributed by atoms with van der Waals surface area (Å²) in [5, 5.41) is 0. The third-order valence-corrected chi connectivity index (χ3v) is 5.83. The third kappa shape index (κ3) is 4.50. The van der Waals surface area contributed by atoms with Crippen molar-refractivity contribution >= 4 is 0 Å². The molecule has 0 bridgehead atoms. The van der Waals surface area contributed by atoms with Crippen molar-refractivity contribution in [1.29, 1.82) is 0 Å². The molecule has 0 amide bonds. The second kappa shape index (κ2) is 8.32. The molecule has 0 spiro atoms. The van der Waals surface area contributed by atoms with Crippen LogP contribution in [0.4, 0.5) is 0 Å². The van der Waals surface area contributed by atoms with Gasteiger partial charge in [-0.2, -0.15) is 0 Å². The van der Waals surface area contributed by atoms with E-state index in [-0.39, 0.29) is 0 Å². The molecule has 0 heteroatoms. The lowest BCUT2D eigenvalue weighted by Gasteiger charge is -2.31. The zero-order chi connectivity index (χ0) is 14.4. The van der Waals surface area contributed by atoms with E-state index in [1.54, 1.807) is 0 Å². The first-order valence-electron chi connectivity index (χ1n) is 9.02. The molecule has 0 radical (unpaired) electrons. The molecule has 0 aromatic rings. The minimum absolute atomic E-state index is 0.872. The third-order valence-electron chi connectivity index (χ3n) is 5.83. The second-order valence-electron chi connectivity index (χ2n) is 7.60. The smallest absolute Gasteiger partial charge is 0.0334 e. The van der Waals surface area contributed by atoms with E-state index in [1.165, 1.54) is 44.9 Å². The van der Waals surface area contributed by atoms with Gasteiger partial charge in [0, 0.05) is 0 Å². The Kier molecular flexibility index (Phi) is 7.47. The molecule has 1 rings (SSSR count). The zero-order valence-electron chi connectivity index (χ0n) is 14.4. The van der Waals surface area contributed by atoms with Gasteiger partial charge in [-0.25, -0.2) is 0 Å². The van der Waals surface area contributed by atoms with Gasteiger partial charge in [-0.3, -0.25) is 0 Å². The van der Waals surface area contributed by atoms with E-state index in [0.717, 1.165) is 35.5 Å². The van der Waals surface area contributed by atoms with Gasteiger partial charge in [0.2, 0.25) is 0 Å². The molecule has 1 fully saturated rings. The van der Waals surface area contributed by atoms with Gasteiger partial charge in [0.15, 0.2) is 0 Å². The Balaban J connectivity index is 2.52.